The van der Waals surface area contributed by atoms with Gasteiger partial charge in [0.15, 0.2) is 0 Å². The fourth-order valence-electron chi connectivity index (χ4n) is 2.25. The average Bonchev–Trinajstić information content (AvgIpc) is 2.48. The van der Waals surface area contributed by atoms with Crippen LogP contribution in [-0.2, 0) is 6.42 Å². The van der Waals surface area contributed by atoms with Gasteiger partial charge >= 0.3 is 0 Å². The van der Waals surface area contributed by atoms with Crippen LogP contribution in [0.1, 0.15) is 43.9 Å². The summed E-state index contributed by atoms with van der Waals surface area (Å²) in [5, 5.41) is 4.22. The molecule has 2 aromatic rings. The lowest BCUT2D eigenvalue weighted by Crippen LogP contribution is -2.06. The number of hydrogen-bond acceptors (Lipinski definition) is 1. The second-order valence-corrected chi connectivity index (χ2v) is 5.60. The first-order chi connectivity index (χ1) is 9.70. The van der Waals surface area contributed by atoms with Gasteiger partial charge in [0.2, 0.25) is 0 Å². The molecular formula is C18H22ClN. The van der Waals surface area contributed by atoms with Crippen molar-refractivity contribution in [2.24, 2.45) is 0 Å². The van der Waals surface area contributed by atoms with Gasteiger partial charge in [-0.1, -0.05) is 61.3 Å². The van der Waals surface area contributed by atoms with Crippen LogP contribution in [0.5, 0.6) is 0 Å². The molecule has 1 nitrogen and oxygen atoms in total. The molecule has 2 heteroatoms. The zero-order valence-corrected chi connectivity index (χ0v) is 13.0. The summed E-state index contributed by atoms with van der Waals surface area (Å²) in [5.41, 5.74) is 3.68. The quantitative estimate of drug-likeness (QED) is 0.702. The Hall–Kier alpha value is -1.47. The Kier molecular flexibility index (Phi) is 5.49. The summed E-state index contributed by atoms with van der Waals surface area (Å²) in [5.74, 6) is 0. The molecule has 0 aliphatic heterocycles. The van der Waals surface area contributed by atoms with Gasteiger partial charge in [-0.2, -0.15) is 0 Å². The zero-order chi connectivity index (χ0) is 14.4. The van der Waals surface area contributed by atoms with Crippen LogP contribution in [0.3, 0.4) is 0 Å². The van der Waals surface area contributed by atoms with E-state index in [1.54, 1.807) is 0 Å². The Morgan fingerprint density at radius 1 is 1.05 bits per heavy atom. The smallest absolute Gasteiger partial charge is 0.0637 e. The predicted octanol–water partition coefficient (Wildman–Crippen LogP) is 5.86. The van der Waals surface area contributed by atoms with E-state index in [1.807, 2.05) is 24.3 Å². The molecular weight excluding hydrogens is 266 g/mol. The van der Waals surface area contributed by atoms with E-state index < -0.39 is 0 Å². The van der Waals surface area contributed by atoms with E-state index in [4.69, 9.17) is 11.6 Å². The van der Waals surface area contributed by atoms with E-state index in [0.717, 1.165) is 10.7 Å². The normalized spacial score (nSPS) is 12.2. The van der Waals surface area contributed by atoms with E-state index in [1.165, 1.54) is 30.4 Å². The monoisotopic (exact) mass is 287 g/mol. The van der Waals surface area contributed by atoms with Gasteiger partial charge in [-0.3, -0.25) is 0 Å². The molecule has 0 fully saturated rings. The van der Waals surface area contributed by atoms with Gasteiger partial charge in [0.05, 0.1) is 10.7 Å². The molecule has 0 heterocycles. The summed E-state index contributed by atoms with van der Waals surface area (Å²) in [6.45, 7) is 4.38. The first-order valence-corrected chi connectivity index (χ1v) is 7.68. The van der Waals surface area contributed by atoms with Crippen LogP contribution in [-0.4, -0.2) is 0 Å². The molecule has 0 saturated heterocycles. The van der Waals surface area contributed by atoms with E-state index in [9.17, 15) is 0 Å². The van der Waals surface area contributed by atoms with Crippen molar-refractivity contribution in [3.05, 3.63) is 64.7 Å². The van der Waals surface area contributed by atoms with Crippen molar-refractivity contribution in [2.75, 3.05) is 5.32 Å². The topological polar surface area (TPSA) is 12.0 Å². The molecule has 0 amide bonds. The number of para-hydroxylation sites is 1. The number of nitrogens with one attached hydrogen (secondary N) is 1. The van der Waals surface area contributed by atoms with Gasteiger partial charge in [-0.25, -0.2) is 0 Å². The fraction of sp³-hybridized carbons (Fsp3) is 0.333. The summed E-state index contributed by atoms with van der Waals surface area (Å²) >= 11 is 6.18. The third-order valence-corrected chi connectivity index (χ3v) is 3.87. The summed E-state index contributed by atoms with van der Waals surface area (Å²) in [7, 11) is 0. The lowest BCUT2D eigenvalue weighted by molar-refractivity contribution is 0.793. The minimum absolute atomic E-state index is 0.245. The van der Waals surface area contributed by atoms with Crippen LogP contribution in [0, 0.1) is 0 Å². The second kappa shape index (κ2) is 7.35. The minimum atomic E-state index is 0.245. The Morgan fingerprint density at radius 3 is 2.40 bits per heavy atom. The zero-order valence-electron chi connectivity index (χ0n) is 12.2. The lowest BCUT2D eigenvalue weighted by Gasteiger charge is -2.17. The Labute approximate surface area is 127 Å². The maximum atomic E-state index is 6.18. The molecule has 0 saturated carbocycles. The molecule has 2 rings (SSSR count). The van der Waals surface area contributed by atoms with Crippen LogP contribution >= 0.6 is 11.6 Å². The molecule has 0 aliphatic rings. The molecule has 0 aromatic heterocycles. The molecule has 106 valence electrons. The number of rotatable bonds is 6. The van der Waals surface area contributed by atoms with Crippen LogP contribution in [0.4, 0.5) is 5.69 Å². The van der Waals surface area contributed by atoms with E-state index >= 15 is 0 Å². The molecule has 0 spiro atoms. The van der Waals surface area contributed by atoms with E-state index in [2.05, 4.69) is 43.4 Å². The number of halogens is 1. The summed E-state index contributed by atoms with van der Waals surface area (Å²) in [6.07, 6.45) is 3.67. The standard InChI is InChI=1S/C18H22ClN/c1-3-4-7-15-10-12-16(13-11-15)14(2)20-18-9-6-5-8-17(18)19/h5-6,8-14,20H,3-4,7H2,1-2H3. The number of unbranched alkanes of at least 4 members (excludes halogenated alkanes) is 1. The highest BCUT2D eigenvalue weighted by atomic mass is 35.5. The van der Waals surface area contributed by atoms with E-state index in [0.29, 0.717) is 0 Å². The van der Waals surface area contributed by atoms with Crippen LogP contribution in [0.2, 0.25) is 5.02 Å². The average molecular weight is 288 g/mol. The Balaban J connectivity index is 2.02. The first kappa shape index (κ1) is 14.9. The molecule has 0 aliphatic carbocycles. The second-order valence-electron chi connectivity index (χ2n) is 5.19. The first-order valence-electron chi connectivity index (χ1n) is 7.30. The Morgan fingerprint density at radius 2 is 1.75 bits per heavy atom. The number of benzene rings is 2. The van der Waals surface area contributed by atoms with Crippen molar-refractivity contribution in [1.29, 1.82) is 0 Å². The van der Waals surface area contributed by atoms with Gasteiger partial charge < -0.3 is 5.32 Å². The molecule has 2 aromatic carbocycles. The fourth-order valence-corrected chi connectivity index (χ4v) is 2.44. The molecule has 20 heavy (non-hydrogen) atoms. The van der Waals surface area contributed by atoms with Crippen molar-refractivity contribution in [3.63, 3.8) is 0 Å². The highest BCUT2D eigenvalue weighted by molar-refractivity contribution is 6.33. The molecule has 1 unspecified atom stereocenters. The maximum Gasteiger partial charge on any atom is 0.0637 e. The number of hydrogen-bond donors (Lipinski definition) is 1. The molecule has 0 bridgehead atoms. The lowest BCUT2D eigenvalue weighted by atomic mass is 10.0. The summed E-state index contributed by atoms with van der Waals surface area (Å²) in [6, 6.07) is 17.0. The van der Waals surface area contributed by atoms with Gasteiger partial charge in [-0.05, 0) is 43.0 Å². The third kappa shape index (κ3) is 4.01. The maximum absolute atomic E-state index is 6.18. The number of aryl methyl sites for hydroxylation is 1. The van der Waals surface area contributed by atoms with Crippen molar-refractivity contribution in [1.82, 2.24) is 0 Å². The van der Waals surface area contributed by atoms with Gasteiger partial charge in [0.1, 0.15) is 0 Å². The summed E-state index contributed by atoms with van der Waals surface area (Å²) < 4.78 is 0. The summed E-state index contributed by atoms with van der Waals surface area (Å²) in [4.78, 5) is 0. The Bertz CT molecular complexity index is 533. The molecule has 1 atom stereocenters. The molecule has 0 radical (unpaired) electrons. The highest BCUT2D eigenvalue weighted by Crippen LogP contribution is 2.25. The van der Waals surface area contributed by atoms with Crippen molar-refractivity contribution < 1.29 is 0 Å². The minimum Gasteiger partial charge on any atom is -0.377 e. The van der Waals surface area contributed by atoms with Gasteiger partial charge in [0.25, 0.3) is 0 Å². The highest BCUT2D eigenvalue weighted by Gasteiger charge is 2.07. The van der Waals surface area contributed by atoms with Crippen molar-refractivity contribution >= 4 is 17.3 Å². The third-order valence-electron chi connectivity index (χ3n) is 3.54. The predicted molar refractivity (Wildman–Crippen MR) is 88.5 cm³/mol. The van der Waals surface area contributed by atoms with E-state index in [-0.39, 0.29) is 6.04 Å². The largest absolute Gasteiger partial charge is 0.377 e. The van der Waals surface area contributed by atoms with Crippen LogP contribution < -0.4 is 5.32 Å². The van der Waals surface area contributed by atoms with Crippen LogP contribution in [0.15, 0.2) is 48.5 Å². The van der Waals surface area contributed by atoms with Gasteiger partial charge in [-0.15, -0.1) is 0 Å². The van der Waals surface area contributed by atoms with Crippen LogP contribution in [0.25, 0.3) is 0 Å². The number of anilines is 1. The van der Waals surface area contributed by atoms with Crippen molar-refractivity contribution in [2.45, 2.75) is 39.2 Å². The molecule has 1 N–H and O–H groups in total. The van der Waals surface area contributed by atoms with Gasteiger partial charge in [0, 0.05) is 6.04 Å². The van der Waals surface area contributed by atoms with Crippen molar-refractivity contribution in [3.8, 4) is 0 Å². The SMILES string of the molecule is CCCCc1ccc(C(C)Nc2ccccc2Cl)cc1.